The number of benzene rings is 2. The Bertz CT molecular complexity index is 2340. The molecule has 58 heavy (non-hydrogen) atoms. The second-order valence-electron chi connectivity index (χ2n) is 14.6. The molecular formula is C38H41N7O11S2. The van der Waals surface area contributed by atoms with E-state index in [9.17, 15) is 41.9 Å². The normalized spacial score (nSPS) is 23.3. The summed E-state index contributed by atoms with van der Waals surface area (Å²) in [4.78, 5) is 72.0. The Balaban J connectivity index is 1.21. The zero-order chi connectivity index (χ0) is 41.2. The number of amides is 4. The van der Waals surface area contributed by atoms with Crippen LogP contribution in [0.2, 0.25) is 0 Å². The number of ether oxygens (including phenoxy) is 2. The number of alkyl carbamates (subject to hydrolysis) is 1. The molecule has 4 amide bonds. The van der Waals surface area contributed by atoms with Crippen LogP contribution in [0.15, 0.2) is 77.9 Å². The first-order valence-corrected chi connectivity index (χ1v) is 21.3. The van der Waals surface area contributed by atoms with E-state index in [0.29, 0.717) is 36.6 Å². The van der Waals surface area contributed by atoms with Gasteiger partial charge in [-0.1, -0.05) is 48.6 Å². The van der Waals surface area contributed by atoms with Crippen LogP contribution in [-0.4, -0.2) is 99.9 Å². The monoisotopic (exact) mass is 835 g/mol. The fourth-order valence-corrected chi connectivity index (χ4v) is 9.56. The molecule has 4 bridgehead atoms. The molecule has 4 atom stereocenters. The summed E-state index contributed by atoms with van der Waals surface area (Å²) in [5, 5.41) is 17.6. The van der Waals surface area contributed by atoms with Crippen molar-refractivity contribution in [2.75, 3.05) is 19.7 Å². The molecule has 18 nitrogen and oxygen atoms in total. The fourth-order valence-electron chi connectivity index (χ4n) is 7.18. The minimum absolute atomic E-state index is 0.0188. The molecule has 4 N–H and O–H groups in total. The summed E-state index contributed by atoms with van der Waals surface area (Å²) in [7, 11) is -6.21. The predicted molar refractivity (Wildman–Crippen MR) is 210 cm³/mol. The van der Waals surface area contributed by atoms with E-state index in [2.05, 4.69) is 31.6 Å². The Morgan fingerprint density at radius 3 is 2.66 bits per heavy atom. The number of nitrogens with zero attached hydrogens (tertiary/aromatic N) is 3. The number of fused-ring (bicyclic) bond motifs is 3. The molecule has 2 aliphatic heterocycles. The average Bonchev–Trinajstić information content (AvgIpc) is 3.97. The highest BCUT2D eigenvalue weighted by molar-refractivity contribution is 7.91. The number of nitro benzene ring substituents is 1. The van der Waals surface area contributed by atoms with Crippen LogP contribution in [0.1, 0.15) is 50.5 Å². The van der Waals surface area contributed by atoms with E-state index in [1.165, 1.54) is 24.3 Å². The smallest absolute Gasteiger partial charge is 0.407 e. The molecule has 0 spiro atoms. The van der Waals surface area contributed by atoms with Gasteiger partial charge in [-0.05, 0) is 54.8 Å². The second-order valence-corrected chi connectivity index (χ2v) is 17.9. The summed E-state index contributed by atoms with van der Waals surface area (Å²) in [5.41, 5.74) is -0.645. The highest BCUT2D eigenvalue weighted by Gasteiger charge is 2.53. The molecule has 2 aromatic carbocycles. The number of hydrogen-bond donors (Lipinski definition) is 4. The van der Waals surface area contributed by atoms with Crippen molar-refractivity contribution < 1.29 is 46.2 Å². The Morgan fingerprint density at radius 1 is 1.14 bits per heavy atom. The van der Waals surface area contributed by atoms with Crippen LogP contribution >= 0.6 is 0 Å². The summed E-state index contributed by atoms with van der Waals surface area (Å²) < 4.78 is 55.3. The first kappa shape index (κ1) is 40.5. The Morgan fingerprint density at radius 2 is 1.91 bits per heavy atom. The SMILES string of the molecule is C=C1CC(NC(=O)[C@@H]2C[C@@H]3CN2C(=O)[C@H](CNS(=O)c2ccccc2[N+](=O)[O-])NC(=O)OCCC/C=C/c2ccc4ccnc(c4c2)O3)(C(=O)NS(=O)(=O)C2CC2)C1. The van der Waals surface area contributed by atoms with Gasteiger partial charge in [0, 0.05) is 43.5 Å². The van der Waals surface area contributed by atoms with Crippen molar-refractivity contribution >= 4 is 67.4 Å². The van der Waals surface area contributed by atoms with Crippen LogP contribution in [0.5, 0.6) is 5.88 Å². The van der Waals surface area contributed by atoms with E-state index < -0.39 is 91.0 Å². The number of carbonyl (C=O) groups excluding carboxylic acids is 4. The van der Waals surface area contributed by atoms with Gasteiger partial charge in [-0.2, -0.15) is 0 Å². The van der Waals surface area contributed by atoms with Gasteiger partial charge in [0.15, 0.2) is 0 Å². The van der Waals surface area contributed by atoms with Gasteiger partial charge in [-0.25, -0.2) is 27.1 Å². The molecule has 1 aromatic heterocycles. The van der Waals surface area contributed by atoms with Gasteiger partial charge in [-0.15, -0.1) is 0 Å². The van der Waals surface area contributed by atoms with Gasteiger partial charge in [0.25, 0.3) is 11.6 Å². The zero-order valence-electron chi connectivity index (χ0n) is 31.1. The Labute approximate surface area is 335 Å². The lowest BCUT2D eigenvalue weighted by molar-refractivity contribution is -0.387. The number of rotatable bonds is 10. The van der Waals surface area contributed by atoms with Crippen molar-refractivity contribution in [3.05, 3.63) is 88.6 Å². The van der Waals surface area contributed by atoms with E-state index in [4.69, 9.17) is 9.47 Å². The van der Waals surface area contributed by atoms with E-state index in [1.807, 2.05) is 36.4 Å². The zero-order valence-corrected chi connectivity index (χ0v) is 32.7. The molecule has 3 heterocycles. The van der Waals surface area contributed by atoms with E-state index in [0.717, 1.165) is 15.8 Å². The second kappa shape index (κ2) is 16.6. The van der Waals surface area contributed by atoms with Crippen molar-refractivity contribution in [1.29, 1.82) is 0 Å². The quantitative estimate of drug-likeness (QED) is 0.131. The molecule has 306 valence electrons. The summed E-state index contributed by atoms with van der Waals surface area (Å²) in [5.74, 6) is -2.31. The van der Waals surface area contributed by atoms with Crippen LogP contribution in [0, 0.1) is 10.1 Å². The number of para-hydroxylation sites is 1. The average molecular weight is 836 g/mol. The number of aromatic nitrogens is 1. The molecule has 1 unspecified atom stereocenters. The third-order valence-corrected chi connectivity index (χ3v) is 13.3. The number of cyclic esters (lactones) is 1. The molecule has 4 aliphatic rings. The molecule has 2 saturated carbocycles. The summed E-state index contributed by atoms with van der Waals surface area (Å²) in [6.45, 7) is 3.12. The topological polar surface area (TPSA) is 245 Å². The highest BCUT2D eigenvalue weighted by atomic mass is 32.2. The highest BCUT2D eigenvalue weighted by Crippen LogP contribution is 2.38. The molecule has 2 aliphatic carbocycles. The molecule has 3 aromatic rings. The lowest BCUT2D eigenvalue weighted by atomic mass is 9.72. The molecule has 7 rings (SSSR count). The number of sulfonamides is 1. The predicted octanol–water partition coefficient (Wildman–Crippen LogP) is 2.52. The Hall–Kier alpha value is -5.73. The number of pyridine rings is 1. The van der Waals surface area contributed by atoms with Crippen molar-refractivity contribution in [2.24, 2.45) is 0 Å². The molecular weight excluding hydrogens is 795 g/mol. The number of carbonyl (C=O) groups is 4. The lowest BCUT2D eigenvalue weighted by Gasteiger charge is -2.43. The van der Waals surface area contributed by atoms with Crippen LogP contribution in [-0.2, 0) is 40.1 Å². The van der Waals surface area contributed by atoms with Gasteiger partial charge in [0.2, 0.25) is 27.7 Å². The largest absolute Gasteiger partial charge is 0.472 e. The third-order valence-electron chi connectivity index (χ3n) is 10.3. The maximum absolute atomic E-state index is 14.6. The first-order valence-electron chi connectivity index (χ1n) is 18.6. The van der Waals surface area contributed by atoms with Crippen molar-refractivity contribution in [1.82, 2.24) is 30.0 Å². The minimum Gasteiger partial charge on any atom is -0.472 e. The number of allylic oxidation sites excluding steroid dienone is 1. The van der Waals surface area contributed by atoms with Crippen molar-refractivity contribution in [2.45, 2.75) is 78.8 Å². The third kappa shape index (κ3) is 8.87. The molecule has 0 radical (unpaired) electrons. The molecule has 3 fully saturated rings. The Kier molecular flexibility index (Phi) is 11.6. The number of nitrogens with one attached hydrogen (secondary N) is 4. The maximum atomic E-state index is 14.6. The van der Waals surface area contributed by atoms with Gasteiger partial charge in [0.1, 0.15) is 39.6 Å². The number of nitro groups is 1. The summed E-state index contributed by atoms with van der Waals surface area (Å²) >= 11 is 0. The van der Waals surface area contributed by atoms with Crippen molar-refractivity contribution in [3.8, 4) is 5.88 Å². The summed E-state index contributed by atoms with van der Waals surface area (Å²) in [6, 6.07) is 10.0. The van der Waals surface area contributed by atoms with E-state index in [-0.39, 0.29) is 43.2 Å². The van der Waals surface area contributed by atoms with E-state index in [1.54, 1.807) is 6.20 Å². The summed E-state index contributed by atoms with van der Waals surface area (Å²) in [6.07, 6.45) is 5.16. The fraction of sp³-hybridized carbons (Fsp3) is 0.395. The van der Waals surface area contributed by atoms with Gasteiger partial charge < -0.3 is 25.0 Å². The molecule has 20 heteroatoms. The molecule has 1 saturated heterocycles. The van der Waals surface area contributed by atoms with Gasteiger partial charge in [-0.3, -0.25) is 29.2 Å². The van der Waals surface area contributed by atoms with Gasteiger partial charge >= 0.3 is 6.09 Å². The van der Waals surface area contributed by atoms with Crippen LogP contribution < -0.4 is 24.8 Å². The van der Waals surface area contributed by atoms with Crippen LogP contribution in [0.25, 0.3) is 16.8 Å². The maximum Gasteiger partial charge on any atom is 0.407 e. The lowest BCUT2D eigenvalue weighted by Crippen LogP contribution is -2.67. The van der Waals surface area contributed by atoms with Crippen LogP contribution in [0.3, 0.4) is 0 Å². The van der Waals surface area contributed by atoms with Crippen LogP contribution in [0.4, 0.5) is 10.5 Å². The van der Waals surface area contributed by atoms with Crippen molar-refractivity contribution in [3.63, 3.8) is 0 Å². The van der Waals surface area contributed by atoms with Gasteiger partial charge in [0.05, 0.1) is 23.3 Å². The standard InChI is InChI=1S/C38H41N7O11S2/c1-23-19-38(20-23,36(48)43-58(53,54)27-12-13-27)42-33(46)31-18-26-22-44(31)35(47)29(21-40-57(52)32-9-5-4-8-30(32)45(50)51)41-37(49)55-16-6-2-3-7-24-10-11-25-14-15-39-34(56-26)28(25)17-24/h3-5,7-11,14-15,17,26-27,29,31,40H,1-2,6,12-13,16,18-22H2,(H,41,49)(H,42,46)(H,43,48)/b7-3+/t26-,29+,31+,57?/m1/s1. The first-order chi connectivity index (χ1) is 27.7. The van der Waals surface area contributed by atoms with E-state index >= 15 is 0 Å². The number of hydrogen-bond acceptors (Lipinski definition) is 12. The minimum atomic E-state index is -3.97.